The van der Waals surface area contributed by atoms with E-state index in [1.165, 1.54) is 0 Å². The van der Waals surface area contributed by atoms with Crippen LogP contribution in [0.2, 0.25) is 0 Å². The molecule has 0 fully saturated rings. The molecule has 0 aliphatic heterocycles. The molecule has 0 heterocycles. The molecule has 2 aromatic rings. The minimum atomic E-state index is -0.0243. The number of nitrogens with zero attached hydrogens (tertiary/aromatic N) is 1. The van der Waals surface area contributed by atoms with Gasteiger partial charge in [-0.1, -0.05) is 37.6 Å². The largest absolute Gasteiger partial charge is 0.497 e. The number of amides is 1. The zero-order valence-corrected chi connectivity index (χ0v) is 19.7. The van der Waals surface area contributed by atoms with Gasteiger partial charge in [0.15, 0.2) is 5.96 Å². The van der Waals surface area contributed by atoms with Gasteiger partial charge in [0.1, 0.15) is 5.75 Å². The maximum Gasteiger partial charge on any atom is 0.251 e. The molecule has 2 rings (SSSR count). The van der Waals surface area contributed by atoms with Gasteiger partial charge in [-0.25, -0.2) is 0 Å². The lowest BCUT2D eigenvalue weighted by atomic mass is 10.1. The number of nitrogens with one attached hydrogen (secondary N) is 3. The van der Waals surface area contributed by atoms with Crippen molar-refractivity contribution >= 4 is 35.8 Å². The molecular formula is C22H31IN4O2. The summed E-state index contributed by atoms with van der Waals surface area (Å²) in [5.41, 5.74) is 2.87. The van der Waals surface area contributed by atoms with Crippen LogP contribution in [0.15, 0.2) is 53.5 Å². The van der Waals surface area contributed by atoms with Crippen molar-refractivity contribution in [3.8, 4) is 5.75 Å². The van der Waals surface area contributed by atoms with Gasteiger partial charge in [-0.3, -0.25) is 9.79 Å². The van der Waals surface area contributed by atoms with Crippen LogP contribution in [0.25, 0.3) is 0 Å². The van der Waals surface area contributed by atoms with Crippen LogP contribution in [0, 0.1) is 0 Å². The van der Waals surface area contributed by atoms with E-state index in [1.54, 1.807) is 14.2 Å². The average molecular weight is 510 g/mol. The summed E-state index contributed by atoms with van der Waals surface area (Å²) in [6.07, 6.45) is 2.06. The summed E-state index contributed by atoms with van der Waals surface area (Å²) in [6, 6.07) is 15.5. The summed E-state index contributed by atoms with van der Waals surface area (Å²) in [5.74, 6) is 1.52. The van der Waals surface area contributed by atoms with E-state index in [1.807, 2.05) is 48.5 Å². The van der Waals surface area contributed by atoms with Crippen molar-refractivity contribution in [2.24, 2.45) is 4.99 Å². The molecule has 0 radical (unpaired) electrons. The molecule has 0 aliphatic carbocycles. The van der Waals surface area contributed by atoms with E-state index in [4.69, 9.17) is 4.74 Å². The van der Waals surface area contributed by atoms with E-state index in [0.717, 1.165) is 29.7 Å². The van der Waals surface area contributed by atoms with Crippen molar-refractivity contribution in [3.05, 3.63) is 65.2 Å². The highest BCUT2D eigenvalue weighted by atomic mass is 127. The number of ether oxygens (including phenoxy) is 1. The van der Waals surface area contributed by atoms with Crippen LogP contribution < -0.4 is 20.7 Å². The Morgan fingerprint density at radius 1 is 1.00 bits per heavy atom. The third-order valence-electron chi connectivity index (χ3n) is 4.31. The highest BCUT2D eigenvalue weighted by Crippen LogP contribution is 2.12. The number of unbranched alkanes of at least 4 members (excludes halogenated alkanes) is 1. The third-order valence-corrected chi connectivity index (χ3v) is 4.31. The Morgan fingerprint density at radius 3 is 2.31 bits per heavy atom. The lowest BCUT2D eigenvalue weighted by Crippen LogP contribution is -2.36. The zero-order valence-electron chi connectivity index (χ0n) is 17.3. The molecule has 0 spiro atoms. The number of hydrogen-bond acceptors (Lipinski definition) is 3. The van der Waals surface area contributed by atoms with Crippen LogP contribution in [0.5, 0.6) is 5.75 Å². The molecule has 0 saturated heterocycles. The van der Waals surface area contributed by atoms with Crippen molar-refractivity contribution in [1.82, 2.24) is 16.0 Å². The van der Waals surface area contributed by atoms with Gasteiger partial charge in [-0.2, -0.15) is 0 Å². The van der Waals surface area contributed by atoms with Gasteiger partial charge in [0, 0.05) is 32.2 Å². The van der Waals surface area contributed by atoms with Gasteiger partial charge in [-0.15, -0.1) is 24.0 Å². The second-order valence-electron chi connectivity index (χ2n) is 6.44. The molecule has 3 N–H and O–H groups in total. The standard InChI is InChI=1S/C22H30N4O2.HI/c1-4-5-13-24-21(27)19-11-9-17(10-12-19)15-25-22(23-2)26-16-18-7-6-8-20(14-18)28-3;/h6-12,14H,4-5,13,15-16H2,1-3H3,(H,24,27)(H2,23,25,26);1H. The Morgan fingerprint density at radius 2 is 1.69 bits per heavy atom. The van der Waals surface area contributed by atoms with Crippen molar-refractivity contribution in [1.29, 1.82) is 0 Å². The van der Waals surface area contributed by atoms with Gasteiger partial charge in [-0.05, 0) is 41.8 Å². The van der Waals surface area contributed by atoms with E-state index >= 15 is 0 Å². The SMILES string of the molecule is CCCCNC(=O)c1ccc(CNC(=NC)NCc2cccc(OC)c2)cc1.I. The summed E-state index contributed by atoms with van der Waals surface area (Å²) in [5, 5.41) is 9.49. The van der Waals surface area contributed by atoms with Gasteiger partial charge in [0.2, 0.25) is 0 Å². The maximum atomic E-state index is 12.0. The first-order chi connectivity index (χ1) is 13.7. The second-order valence-corrected chi connectivity index (χ2v) is 6.44. The quantitative estimate of drug-likeness (QED) is 0.208. The number of benzene rings is 2. The van der Waals surface area contributed by atoms with E-state index in [2.05, 4.69) is 27.9 Å². The molecule has 0 atom stereocenters. The molecule has 158 valence electrons. The van der Waals surface area contributed by atoms with Crippen molar-refractivity contribution in [3.63, 3.8) is 0 Å². The van der Waals surface area contributed by atoms with Crippen LogP contribution >= 0.6 is 24.0 Å². The number of methoxy groups -OCH3 is 1. The van der Waals surface area contributed by atoms with Crippen molar-refractivity contribution < 1.29 is 9.53 Å². The fourth-order valence-corrected chi connectivity index (χ4v) is 2.63. The van der Waals surface area contributed by atoms with Gasteiger partial charge in [0.25, 0.3) is 5.91 Å². The van der Waals surface area contributed by atoms with Crippen LogP contribution in [-0.2, 0) is 13.1 Å². The first-order valence-corrected chi connectivity index (χ1v) is 9.60. The van der Waals surface area contributed by atoms with E-state index in [-0.39, 0.29) is 29.9 Å². The Hall–Kier alpha value is -2.29. The van der Waals surface area contributed by atoms with Crippen molar-refractivity contribution in [2.45, 2.75) is 32.9 Å². The van der Waals surface area contributed by atoms with Crippen LogP contribution in [-0.4, -0.2) is 32.6 Å². The molecule has 29 heavy (non-hydrogen) atoms. The summed E-state index contributed by atoms with van der Waals surface area (Å²) >= 11 is 0. The number of halogens is 1. The number of carbonyl (C=O) groups is 1. The Labute approximate surface area is 190 Å². The monoisotopic (exact) mass is 510 g/mol. The maximum absolute atomic E-state index is 12.0. The minimum Gasteiger partial charge on any atom is -0.497 e. The van der Waals surface area contributed by atoms with Crippen LogP contribution in [0.1, 0.15) is 41.3 Å². The molecule has 0 aliphatic rings. The molecule has 2 aromatic carbocycles. The number of carbonyl (C=O) groups excluding carboxylic acids is 1. The first-order valence-electron chi connectivity index (χ1n) is 9.60. The van der Waals surface area contributed by atoms with Crippen LogP contribution in [0.4, 0.5) is 0 Å². The number of rotatable bonds is 9. The molecule has 0 aromatic heterocycles. The first kappa shape index (κ1) is 24.7. The molecule has 0 bridgehead atoms. The summed E-state index contributed by atoms with van der Waals surface area (Å²) in [7, 11) is 3.40. The Balaban J connectivity index is 0.00000420. The minimum absolute atomic E-state index is 0. The lowest BCUT2D eigenvalue weighted by molar-refractivity contribution is 0.0953. The molecular weight excluding hydrogens is 479 g/mol. The van der Waals surface area contributed by atoms with Gasteiger partial charge >= 0.3 is 0 Å². The average Bonchev–Trinajstić information content (AvgIpc) is 2.74. The predicted molar refractivity (Wildman–Crippen MR) is 129 cm³/mol. The fourth-order valence-electron chi connectivity index (χ4n) is 2.63. The Bertz CT molecular complexity index is 779. The van der Waals surface area contributed by atoms with Crippen molar-refractivity contribution in [2.75, 3.05) is 20.7 Å². The zero-order chi connectivity index (χ0) is 20.2. The highest BCUT2D eigenvalue weighted by Gasteiger charge is 2.05. The van der Waals surface area contributed by atoms with Crippen LogP contribution in [0.3, 0.4) is 0 Å². The third kappa shape index (κ3) is 8.72. The topological polar surface area (TPSA) is 74.8 Å². The number of aliphatic imine (C=N–C) groups is 1. The number of guanidine groups is 1. The van der Waals surface area contributed by atoms with E-state index < -0.39 is 0 Å². The van der Waals surface area contributed by atoms with Gasteiger partial charge in [0.05, 0.1) is 7.11 Å². The van der Waals surface area contributed by atoms with Gasteiger partial charge < -0.3 is 20.7 Å². The lowest BCUT2D eigenvalue weighted by Gasteiger charge is -2.13. The molecule has 7 heteroatoms. The molecule has 6 nitrogen and oxygen atoms in total. The summed E-state index contributed by atoms with van der Waals surface area (Å²) in [4.78, 5) is 16.3. The summed E-state index contributed by atoms with van der Waals surface area (Å²) in [6.45, 7) is 4.09. The summed E-state index contributed by atoms with van der Waals surface area (Å²) < 4.78 is 5.24. The second kappa shape index (κ2) is 13.8. The van der Waals surface area contributed by atoms with E-state index in [0.29, 0.717) is 31.2 Å². The fraction of sp³-hybridized carbons (Fsp3) is 0.364. The molecule has 1 amide bonds. The molecule has 0 unspecified atom stereocenters. The normalized spacial score (nSPS) is 10.7. The molecule has 0 saturated carbocycles. The smallest absolute Gasteiger partial charge is 0.251 e. The van der Waals surface area contributed by atoms with E-state index in [9.17, 15) is 4.79 Å². The highest BCUT2D eigenvalue weighted by molar-refractivity contribution is 14.0. The number of hydrogen-bond donors (Lipinski definition) is 3. The Kier molecular flexibility index (Phi) is 11.8. The predicted octanol–water partition coefficient (Wildman–Crippen LogP) is 3.71.